The maximum Gasteiger partial charge on any atom is 0.407 e. The first-order valence-corrected chi connectivity index (χ1v) is 10.7. The van der Waals surface area contributed by atoms with Gasteiger partial charge in [0.1, 0.15) is 17.2 Å². The number of alkyl carbamates (subject to hydrolysis) is 1. The first kappa shape index (κ1) is 23.6. The first-order chi connectivity index (χ1) is 14.4. The fourth-order valence-electron chi connectivity index (χ4n) is 3.24. The molecule has 1 amide bonds. The minimum atomic E-state index is -0.481. The van der Waals surface area contributed by atoms with Crippen molar-refractivity contribution in [2.75, 3.05) is 31.1 Å². The van der Waals surface area contributed by atoms with E-state index >= 15 is 0 Å². The van der Waals surface area contributed by atoms with Crippen LogP contribution in [0.25, 0.3) is 10.4 Å². The van der Waals surface area contributed by atoms with Gasteiger partial charge < -0.3 is 19.7 Å². The highest BCUT2D eigenvalue weighted by Gasteiger charge is 2.24. The largest absolute Gasteiger partial charge is 0.492 e. The second-order valence-electron chi connectivity index (χ2n) is 8.48. The smallest absolute Gasteiger partial charge is 0.407 e. The van der Waals surface area contributed by atoms with Crippen molar-refractivity contribution in [3.8, 4) is 5.75 Å². The Balaban J connectivity index is 1.65. The molecule has 0 bridgehead atoms. The van der Waals surface area contributed by atoms with Crippen LogP contribution in [0.2, 0.25) is 0 Å². The molecule has 9 heteroatoms. The molecule has 1 N–H and O–H groups in total. The van der Waals surface area contributed by atoms with Gasteiger partial charge in [-0.3, -0.25) is 0 Å². The van der Waals surface area contributed by atoms with Crippen LogP contribution in [-0.4, -0.2) is 49.0 Å². The summed E-state index contributed by atoms with van der Waals surface area (Å²) in [5.74, 6) is 1.70. The fraction of sp³-hybridized carbons (Fsp3) is 0.714. The molecule has 2 rings (SSSR count). The van der Waals surface area contributed by atoms with Crippen molar-refractivity contribution in [3.05, 3.63) is 28.8 Å². The molecule has 0 saturated carbocycles. The molecular formula is C21H34N6O3. The van der Waals surface area contributed by atoms with Crippen LogP contribution >= 0.6 is 0 Å². The third-order valence-corrected chi connectivity index (χ3v) is 4.74. The molecule has 166 valence electrons. The number of aromatic nitrogens is 1. The standard InChI is InChI=1S/C21H34N6O3/c1-21(2,3)30-20(28)25-17-10-13-27(14-11-17)19-9-8-18(16-23-19)29-15-7-5-4-6-12-24-26-22/h8-9,16-17H,4-7,10-15H2,1-3H3,(H,25,28). The summed E-state index contributed by atoms with van der Waals surface area (Å²) < 4.78 is 11.1. The van der Waals surface area contributed by atoms with E-state index in [2.05, 4.69) is 25.2 Å². The molecular weight excluding hydrogens is 384 g/mol. The average Bonchev–Trinajstić information content (AvgIpc) is 2.70. The van der Waals surface area contributed by atoms with Gasteiger partial charge in [0.15, 0.2) is 0 Å². The fourth-order valence-corrected chi connectivity index (χ4v) is 3.24. The Morgan fingerprint density at radius 3 is 2.63 bits per heavy atom. The summed E-state index contributed by atoms with van der Waals surface area (Å²) >= 11 is 0. The van der Waals surface area contributed by atoms with Crippen molar-refractivity contribution in [3.63, 3.8) is 0 Å². The molecule has 2 heterocycles. The van der Waals surface area contributed by atoms with Gasteiger partial charge >= 0.3 is 6.09 Å². The van der Waals surface area contributed by atoms with E-state index in [1.54, 1.807) is 6.20 Å². The minimum Gasteiger partial charge on any atom is -0.492 e. The zero-order valence-corrected chi connectivity index (χ0v) is 18.3. The lowest BCUT2D eigenvalue weighted by molar-refractivity contribution is 0.0497. The van der Waals surface area contributed by atoms with Gasteiger partial charge in [-0.1, -0.05) is 18.0 Å². The van der Waals surface area contributed by atoms with Gasteiger partial charge in [-0.15, -0.1) is 0 Å². The molecule has 0 unspecified atom stereocenters. The van der Waals surface area contributed by atoms with Gasteiger partial charge in [-0.2, -0.15) is 0 Å². The maximum absolute atomic E-state index is 11.9. The van der Waals surface area contributed by atoms with E-state index in [9.17, 15) is 4.79 Å². The number of amides is 1. The van der Waals surface area contributed by atoms with E-state index in [1.807, 2.05) is 32.9 Å². The predicted octanol–water partition coefficient (Wildman–Crippen LogP) is 4.82. The normalized spacial score (nSPS) is 14.7. The number of carbonyl (C=O) groups is 1. The van der Waals surface area contributed by atoms with Crippen molar-refractivity contribution in [1.29, 1.82) is 0 Å². The summed E-state index contributed by atoms with van der Waals surface area (Å²) in [6.45, 7) is 8.49. The van der Waals surface area contributed by atoms with E-state index in [1.165, 1.54) is 0 Å². The molecule has 0 radical (unpaired) electrons. The Hall–Kier alpha value is -2.67. The Kier molecular flexibility index (Phi) is 9.54. The Labute approximate surface area is 178 Å². The van der Waals surface area contributed by atoms with Crippen LogP contribution in [0.4, 0.5) is 10.6 Å². The number of ether oxygens (including phenoxy) is 2. The van der Waals surface area contributed by atoms with Gasteiger partial charge in [-0.05, 0) is 64.1 Å². The minimum absolute atomic E-state index is 0.130. The number of nitrogens with one attached hydrogen (secondary N) is 1. The van der Waals surface area contributed by atoms with E-state index in [-0.39, 0.29) is 12.1 Å². The molecule has 1 aliphatic heterocycles. The molecule has 1 saturated heterocycles. The first-order valence-electron chi connectivity index (χ1n) is 10.7. The molecule has 0 spiro atoms. The number of hydrogen-bond acceptors (Lipinski definition) is 6. The van der Waals surface area contributed by atoms with Crippen molar-refractivity contribution in [2.24, 2.45) is 5.11 Å². The molecule has 9 nitrogen and oxygen atoms in total. The van der Waals surface area contributed by atoms with Crippen LogP contribution < -0.4 is 15.0 Å². The van der Waals surface area contributed by atoms with Crippen LogP contribution in [-0.2, 0) is 4.74 Å². The van der Waals surface area contributed by atoms with Crippen LogP contribution in [0.5, 0.6) is 5.75 Å². The van der Waals surface area contributed by atoms with Crippen LogP contribution in [0.3, 0.4) is 0 Å². The number of pyridine rings is 1. The number of rotatable bonds is 10. The molecule has 0 aromatic carbocycles. The predicted molar refractivity (Wildman–Crippen MR) is 117 cm³/mol. The highest BCUT2D eigenvalue weighted by molar-refractivity contribution is 5.68. The van der Waals surface area contributed by atoms with Crippen LogP contribution in [0.1, 0.15) is 59.3 Å². The van der Waals surface area contributed by atoms with Crippen molar-refractivity contribution in [1.82, 2.24) is 10.3 Å². The number of azide groups is 1. The number of carbonyl (C=O) groups excluding carboxylic acids is 1. The topological polar surface area (TPSA) is 112 Å². The zero-order chi connectivity index (χ0) is 21.8. The molecule has 0 atom stereocenters. The quantitative estimate of drug-likeness (QED) is 0.253. The second kappa shape index (κ2) is 12.1. The molecule has 1 aromatic heterocycles. The third-order valence-electron chi connectivity index (χ3n) is 4.74. The monoisotopic (exact) mass is 418 g/mol. The molecule has 1 fully saturated rings. The van der Waals surface area contributed by atoms with E-state index in [0.717, 1.165) is 63.2 Å². The van der Waals surface area contributed by atoms with Crippen molar-refractivity contribution < 1.29 is 14.3 Å². The van der Waals surface area contributed by atoms with Crippen LogP contribution in [0.15, 0.2) is 23.4 Å². The summed E-state index contributed by atoms with van der Waals surface area (Å²) in [6, 6.07) is 4.07. The highest BCUT2D eigenvalue weighted by atomic mass is 16.6. The van der Waals surface area contributed by atoms with E-state index in [4.69, 9.17) is 15.0 Å². The number of unbranched alkanes of at least 4 members (excludes halogenated alkanes) is 3. The van der Waals surface area contributed by atoms with Gasteiger partial charge in [0.25, 0.3) is 0 Å². The number of nitrogens with zero attached hydrogens (tertiary/aromatic N) is 5. The molecule has 1 aromatic rings. The summed E-state index contributed by atoms with van der Waals surface area (Å²) in [5, 5.41) is 6.48. The average molecular weight is 419 g/mol. The van der Waals surface area contributed by atoms with Crippen molar-refractivity contribution in [2.45, 2.75) is 70.9 Å². The van der Waals surface area contributed by atoms with E-state index < -0.39 is 5.60 Å². The lowest BCUT2D eigenvalue weighted by Crippen LogP contribution is -2.46. The Bertz CT molecular complexity index is 690. The third kappa shape index (κ3) is 9.22. The number of piperidine rings is 1. The van der Waals surface area contributed by atoms with Gasteiger partial charge in [-0.25, -0.2) is 9.78 Å². The van der Waals surface area contributed by atoms with Crippen molar-refractivity contribution >= 4 is 11.9 Å². The molecule has 30 heavy (non-hydrogen) atoms. The SMILES string of the molecule is CC(C)(C)OC(=O)NC1CCN(c2ccc(OCCCCCCN=[N+]=[N-])cn2)CC1. The lowest BCUT2D eigenvalue weighted by atomic mass is 10.1. The summed E-state index contributed by atoms with van der Waals surface area (Å²) in [6.07, 6.45) is 7.12. The molecule has 1 aliphatic rings. The van der Waals surface area contributed by atoms with E-state index in [0.29, 0.717) is 13.2 Å². The summed E-state index contributed by atoms with van der Waals surface area (Å²) in [5.41, 5.74) is 7.74. The van der Waals surface area contributed by atoms with Gasteiger partial charge in [0.2, 0.25) is 0 Å². The zero-order valence-electron chi connectivity index (χ0n) is 18.3. The number of anilines is 1. The summed E-state index contributed by atoms with van der Waals surface area (Å²) in [4.78, 5) is 21.4. The van der Waals surface area contributed by atoms with Gasteiger partial charge in [0.05, 0.1) is 12.8 Å². The molecule has 0 aliphatic carbocycles. The van der Waals surface area contributed by atoms with Crippen LogP contribution in [0, 0.1) is 0 Å². The Morgan fingerprint density at radius 1 is 1.27 bits per heavy atom. The second-order valence-corrected chi connectivity index (χ2v) is 8.48. The lowest BCUT2D eigenvalue weighted by Gasteiger charge is -2.33. The summed E-state index contributed by atoms with van der Waals surface area (Å²) in [7, 11) is 0. The highest BCUT2D eigenvalue weighted by Crippen LogP contribution is 2.21. The Morgan fingerprint density at radius 2 is 2.00 bits per heavy atom. The maximum atomic E-state index is 11.9. The van der Waals surface area contributed by atoms with Gasteiger partial charge in [0, 0.05) is 30.6 Å². The number of hydrogen-bond donors (Lipinski definition) is 1.